The van der Waals surface area contributed by atoms with E-state index in [4.69, 9.17) is 19.2 Å². The van der Waals surface area contributed by atoms with Crippen LogP contribution in [0.4, 0.5) is 0 Å². The molecule has 0 bridgehead atoms. The molecule has 298 valence electrons. The van der Waals surface area contributed by atoms with Crippen molar-refractivity contribution in [1.82, 2.24) is 24.9 Å². The van der Waals surface area contributed by atoms with Crippen molar-refractivity contribution in [2.75, 3.05) is 13.7 Å². The maximum absolute atomic E-state index is 14.8. The number of hydrogen-bond acceptors (Lipinski definition) is 11. The number of sulfonamides is 1. The number of esters is 1. The van der Waals surface area contributed by atoms with Gasteiger partial charge in [-0.2, -0.15) is 0 Å². The highest BCUT2D eigenvalue weighted by molar-refractivity contribution is 7.91. The topological polar surface area (TPSA) is 183 Å². The summed E-state index contributed by atoms with van der Waals surface area (Å²) in [6.07, 6.45) is 9.38. The maximum atomic E-state index is 14.8. The van der Waals surface area contributed by atoms with Gasteiger partial charge in [-0.25, -0.2) is 18.4 Å². The lowest BCUT2D eigenvalue weighted by Gasteiger charge is -2.36. The summed E-state index contributed by atoms with van der Waals surface area (Å²) >= 11 is 0. The Balaban J connectivity index is 1.24. The number of nitrogens with zero attached hydrogens (tertiary/aromatic N) is 3. The maximum Gasteiger partial charge on any atom is 0.307 e. The second-order valence-electron chi connectivity index (χ2n) is 17.4. The first-order chi connectivity index (χ1) is 25.9. The number of amides is 3. The number of pyridine rings is 2. The van der Waals surface area contributed by atoms with Gasteiger partial charge in [-0.1, -0.05) is 25.0 Å². The van der Waals surface area contributed by atoms with Crippen LogP contribution in [-0.2, 0) is 40.4 Å². The van der Waals surface area contributed by atoms with Crippen LogP contribution >= 0.6 is 0 Å². The van der Waals surface area contributed by atoms with Crippen molar-refractivity contribution in [1.29, 1.82) is 0 Å². The molecular formula is C40H53N5O9S. The van der Waals surface area contributed by atoms with E-state index in [1.165, 1.54) is 4.90 Å². The van der Waals surface area contributed by atoms with E-state index in [1.807, 2.05) is 25.1 Å². The number of aromatic nitrogens is 2. The highest BCUT2D eigenvalue weighted by Crippen LogP contribution is 2.49. The summed E-state index contributed by atoms with van der Waals surface area (Å²) in [4.78, 5) is 67.5. The fourth-order valence-electron chi connectivity index (χ4n) is 8.36. The Labute approximate surface area is 322 Å². The van der Waals surface area contributed by atoms with Gasteiger partial charge in [-0.3, -0.25) is 23.9 Å². The predicted octanol–water partition coefficient (Wildman–Crippen LogP) is 4.35. The molecule has 15 heteroatoms. The SMILES string of the molecule is COc1ccc2nc(C)c3c(c2n1)CC[C@]1(C[C@H]2C(=O)N[C@]4(C(=O)NS(=O)(=O)C5(C)CC5)C[C@H]4/C=C\CCCCC[C@H](CC(=O)OC(C)(C)C)C(=O)N2C1)O3. The molecular weight excluding hydrogens is 727 g/mol. The van der Waals surface area contributed by atoms with Crippen LogP contribution in [0.2, 0.25) is 0 Å². The fraction of sp³-hybridized carbons (Fsp3) is 0.650. The van der Waals surface area contributed by atoms with Crippen molar-refractivity contribution in [3.8, 4) is 11.6 Å². The number of methoxy groups -OCH3 is 1. The molecule has 3 aliphatic heterocycles. The van der Waals surface area contributed by atoms with Crippen molar-refractivity contribution in [3.05, 3.63) is 35.5 Å². The number of carbonyl (C=O) groups excluding carboxylic acids is 4. The van der Waals surface area contributed by atoms with Crippen LogP contribution in [0.1, 0.15) is 110 Å². The van der Waals surface area contributed by atoms with Gasteiger partial charge in [0.15, 0.2) is 0 Å². The minimum atomic E-state index is -3.99. The number of carbonyl (C=O) groups is 4. The van der Waals surface area contributed by atoms with Gasteiger partial charge in [0.2, 0.25) is 27.7 Å². The van der Waals surface area contributed by atoms with Crippen LogP contribution in [0.15, 0.2) is 24.3 Å². The molecule has 14 nitrogen and oxygen atoms in total. The molecule has 2 aromatic heterocycles. The zero-order valence-electron chi connectivity index (χ0n) is 32.7. The standard InChI is InChI=1S/C40H53N5O9S/c1-24-33-27(32-28(41-24)14-15-30(42-32)52-6)16-17-39(54-33)22-29-34(47)43-40(36(49)44-55(50,51)38(5)18-19-38)21-26(40)13-11-9-7-8-10-12-25(35(48)45(29)23-39)20-31(46)53-37(2,3)4/h11,13-15,25-26,29H,7-10,12,16-23H2,1-6H3,(H,43,47)(H,44,49)/b13-11-/t25-,26-,29+,39-,40-/m1/s1. The fourth-order valence-corrected chi connectivity index (χ4v) is 9.67. The molecule has 3 fully saturated rings. The summed E-state index contributed by atoms with van der Waals surface area (Å²) in [5, 5.41) is 2.96. The molecule has 5 atom stereocenters. The van der Waals surface area contributed by atoms with Gasteiger partial charge < -0.3 is 24.4 Å². The van der Waals surface area contributed by atoms with Gasteiger partial charge in [-0.15, -0.1) is 0 Å². The first kappa shape index (κ1) is 39.0. The molecule has 2 aliphatic carbocycles. The van der Waals surface area contributed by atoms with Gasteiger partial charge in [-0.05, 0) is 92.1 Å². The second-order valence-corrected chi connectivity index (χ2v) is 19.6. The zero-order valence-corrected chi connectivity index (χ0v) is 33.5. The minimum absolute atomic E-state index is 0.0620. The second kappa shape index (κ2) is 14.0. The molecule has 1 saturated heterocycles. The Bertz CT molecular complexity index is 2060. The highest BCUT2D eigenvalue weighted by Gasteiger charge is 2.64. The van der Waals surface area contributed by atoms with Crippen LogP contribution in [0.25, 0.3) is 11.0 Å². The van der Waals surface area contributed by atoms with E-state index in [0.717, 1.165) is 18.4 Å². The molecule has 5 aliphatic rings. The average molecular weight is 780 g/mol. The third-order valence-corrected chi connectivity index (χ3v) is 14.1. The van der Waals surface area contributed by atoms with E-state index in [0.29, 0.717) is 73.3 Å². The van der Waals surface area contributed by atoms with E-state index in [2.05, 4.69) is 15.0 Å². The quantitative estimate of drug-likeness (QED) is 0.314. The van der Waals surface area contributed by atoms with Gasteiger partial charge >= 0.3 is 5.97 Å². The van der Waals surface area contributed by atoms with Crippen molar-refractivity contribution < 1.29 is 41.8 Å². The normalized spacial score (nSPS) is 29.7. The Morgan fingerprint density at radius 1 is 1.09 bits per heavy atom. The first-order valence-electron chi connectivity index (χ1n) is 19.5. The molecule has 55 heavy (non-hydrogen) atoms. The van der Waals surface area contributed by atoms with E-state index in [-0.39, 0.29) is 31.7 Å². The molecule has 2 N–H and O–H groups in total. The average Bonchev–Trinajstić information content (AvgIpc) is 4.01. The smallest absolute Gasteiger partial charge is 0.307 e. The molecule has 2 saturated carbocycles. The monoisotopic (exact) mass is 779 g/mol. The number of ether oxygens (including phenoxy) is 3. The van der Waals surface area contributed by atoms with Gasteiger partial charge in [0.25, 0.3) is 5.91 Å². The predicted molar refractivity (Wildman–Crippen MR) is 202 cm³/mol. The number of nitrogens with one attached hydrogen (secondary N) is 2. The Morgan fingerprint density at radius 3 is 2.56 bits per heavy atom. The van der Waals surface area contributed by atoms with Crippen LogP contribution in [0, 0.1) is 18.8 Å². The van der Waals surface area contributed by atoms with Gasteiger partial charge in [0, 0.05) is 29.9 Å². The lowest BCUT2D eigenvalue weighted by atomic mass is 9.88. The number of fused-ring (bicyclic) bond motifs is 5. The first-order valence-corrected chi connectivity index (χ1v) is 21.0. The third kappa shape index (κ3) is 7.65. The van der Waals surface area contributed by atoms with Crippen LogP contribution in [0.3, 0.4) is 0 Å². The molecule has 7 rings (SSSR count). The van der Waals surface area contributed by atoms with Crippen molar-refractivity contribution in [2.24, 2.45) is 11.8 Å². The van der Waals surface area contributed by atoms with Crippen LogP contribution in [0.5, 0.6) is 11.6 Å². The molecule has 0 radical (unpaired) electrons. The van der Waals surface area contributed by atoms with Crippen molar-refractivity contribution in [3.63, 3.8) is 0 Å². The van der Waals surface area contributed by atoms with E-state index in [1.54, 1.807) is 40.9 Å². The number of hydrogen-bond donors (Lipinski definition) is 2. The lowest BCUT2D eigenvalue weighted by Crippen LogP contribution is -2.57. The highest BCUT2D eigenvalue weighted by atomic mass is 32.2. The molecule has 0 aromatic carbocycles. The summed E-state index contributed by atoms with van der Waals surface area (Å²) in [7, 11) is -2.44. The number of aryl methyl sites for hydroxylation is 2. The number of rotatable bonds is 6. The minimum Gasteiger partial charge on any atom is -0.483 e. The number of allylic oxidation sites excluding steroid dienone is 1. The summed E-state index contributed by atoms with van der Waals surface area (Å²) < 4.78 is 45.6. The van der Waals surface area contributed by atoms with Crippen molar-refractivity contribution in [2.45, 2.75) is 139 Å². The zero-order chi connectivity index (χ0) is 39.6. The van der Waals surface area contributed by atoms with Crippen molar-refractivity contribution >= 4 is 44.7 Å². The molecule has 3 amide bonds. The van der Waals surface area contributed by atoms with Gasteiger partial charge in [0.1, 0.15) is 28.5 Å². The van der Waals surface area contributed by atoms with Crippen LogP contribution < -0.4 is 19.5 Å². The molecule has 2 aromatic rings. The summed E-state index contributed by atoms with van der Waals surface area (Å²) in [6, 6.07) is 2.53. The summed E-state index contributed by atoms with van der Waals surface area (Å²) in [5.41, 5.74) is -0.377. The Hall–Kier alpha value is -4.27. The summed E-state index contributed by atoms with van der Waals surface area (Å²) in [5.74, 6) is -2.41. The van der Waals surface area contributed by atoms with E-state index in [9.17, 15) is 27.6 Å². The summed E-state index contributed by atoms with van der Waals surface area (Å²) in [6.45, 7) is 8.84. The molecule has 1 spiro atoms. The molecule has 0 unspecified atom stereocenters. The van der Waals surface area contributed by atoms with E-state index < -0.39 is 67.2 Å². The Kier molecular flexibility index (Phi) is 9.95. The van der Waals surface area contributed by atoms with E-state index >= 15 is 0 Å². The molecule has 5 heterocycles. The van der Waals surface area contributed by atoms with Crippen LogP contribution in [-0.4, -0.2) is 88.2 Å². The van der Waals surface area contributed by atoms with Gasteiger partial charge in [0.05, 0.1) is 41.5 Å². The third-order valence-electron chi connectivity index (χ3n) is 11.9. The largest absolute Gasteiger partial charge is 0.483 e. The Morgan fingerprint density at radius 2 is 1.85 bits per heavy atom. The lowest BCUT2D eigenvalue weighted by molar-refractivity contribution is -0.159.